The van der Waals surface area contributed by atoms with Crippen molar-refractivity contribution >= 4 is 11.0 Å². The molecule has 4 heteroatoms. The third-order valence-electron chi connectivity index (χ3n) is 3.55. The summed E-state index contributed by atoms with van der Waals surface area (Å²) in [4.78, 5) is 12.2. The van der Waals surface area contributed by atoms with Gasteiger partial charge in [-0.05, 0) is 11.6 Å². The van der Waals surface area contributed by atoms with E-state index in [-0.39, 0.29) is 5.63 Å². The molecular weight excluding hydrogens is 280 g/mol. The van der Waals surface area contributed by atoms with Gasteiger partial charge < -0.3 is 13.9 Å². The summed E-state index contributed by atoms with van der Waals surface area (Å²) in [5, 5.41) is 0.758. The summed E-state index contributed by atoms with van der Waals surface area (Å²) >= 11 is 0. The maximum Gasteiger partial charge on any atom is 0.339 e. The monoisotopic (exact) mass is 296 g/mol. The predicted molar refractivity (Wildman–Crippen MR) is 84.8 cm³/mol. The number of fused-ring (bicyclic) bond motifs is 1. The molecule has 2 aromatic carbocycles. The fourth-order valence-corrected chi connectivity index (χ4v) is 2.43. The molecule has 0 radical (unpaired) electrons. The quantitative estimate of drug-likeness (QED) is 0.692. The maximum absolute atomic E-state index is 12.2. The SMILES string of the molecule is COc1cc(OC)c2cc(Cc3ccccc3)c(=O)oc2c1. The number of hydrogen-bond acceptors (Lipinski definition) is 4. The van der Waals surface area contributed by atoms with Gasteiger partial charge in [-0.2, -0.15) is 0 Å². The molecule has 0 atom stereocenters. The van der Waals surface area contributed by atoms with Crippen LogP contribution in [0.25, 0.3) is 11.0 Å². The summed E-state index contributed by atoms with van der Waals surface area (Å²) in [6, 6.07) is 15.1. The van der Waals surface area contributed by atoms with Gasteiger partial charge in [0.1, 0.15) is 17.1 Å². The van der Waals surface area contributed by atoms with Crippen LogP contribution in [-0.2, 0) is 6.42 Å². The van der Waals surface area contributed by atoms with E-state index in [1.807, 2.05) is 36.4 Å². The lowest BCUT2D eigenvalue weighted by Crippen LogP contribution is -2.08. The van der Waals surface area contributed by atoms with E-state index < -0.39 is 0 Å². The standard InChI is InChI=1S/C18H16O4/c1-20-14-10-16(21-2)15-9-13(18(19)22-17(15)11-14)8-12-6-4-3-5-7-12/h3-7,9-11H,8H2,1-2H3. The van der Waals surface area contributed by atoms with Crippen LogP contribution in [0, 0.1) is 0 Å². The average Bonchev–Trinajstić information content (AvgIpc) is 2.55. The second-order valence-electron chi connectivity index (χ2n) is 4.96. The molecule has 0 aliphatic heterocycles. The van der Waals surface area contributed by atoms with E-state index in [1.54, 1.807) is 26.4 Å². The first-order valence-corrected chi connectivity index (χ1v) is 6.94. The van der Waals surface area contributed by atoms with Gasteiger partial charge in [-0.25, -0.2) is 4.79 Å². The summed E-state index contributed by atoms with van der Waals surface area (Å²) in [7, 11) is 3.14. The minimum Gasteiger partial charge on any atom is -0.496 e. The van der Waals surface area contributed by atoms with Crippen LogP contribution in [0.2, 0.25) is 0 Å². The van der Waals surface area contributed by atoms with E-state index in [1.165, 1.54) is 0 Å². The van der Waals surface area contributed by atoms with Gasteiger partial charge in [0.15, 0.2) is 0 Å². The second kappa shape index (κ2) is 5.93. The lowest BCUT2D eigenvalue weighted by atomic mass is 10.0. The number of ether oxygens (including phenoxy) is 2. The zero-order valence-corrected chi connectivity index (χ0v) is 12.5. The van der Waals surface area contributed by atoms with Crippen LogP contribution in [-0.4, -0.2) is 14.2 Å². The van der Waals surface area contributed by atoms with E-state index >= 15 is 0 Å². The van der Waals surface area contributed by atoms with Crippen LogP contribution in [0.5, 0.6) is 11.5 Å². The van der Waals surface area contributed by atoms with E-state index in [4.69, 9.17) is 13.9 Å². The molecule has 3 aromatic rings. The van der Waals surface area contributed by atoms with Crippen LogP contribution in [0.15, 0.2) is 57.7 Å². The smallest absolute Gasteiger partial charge is 0.339 e. The van der Waals surface area contributed by atoms with Gasteiger partial charge in [0.05, 0.1) is 19.6 Å². The molecule has 0 aliphatic carbocycles. The summed E-state index contributed by atoms with van der Waals surface area (Å²) in [5.74, 6) is 1.20. The fourth-order valence-electron chi connectivity index (χ4n) is 2.43. The Morgan fingerprint density at radius 2 is 1.77 bits per heavy atom. The van der Waals surface area contributed by atoms with Crippen LogP contribution in [0.4, 0.5) is 0 Å². The van der Waals surface area contributed by atoms with Gasteiger partial charge in [-0.15, -0.1) is 0 Å². The summed E-state index contributed by atoms with van der Waals surface area (Å²) < 4.78 is 16.0. The van der Waals surface area contributed by atoms with Crippen LogP contribution >= 0.6 is 0 Å². The lowest BCUT2D eigenvalue weighted by Gasteiger charge is -2.09. The highest BCUT2D eigenvalue weighted by atomic mass is 16.5. The van der Waals surface area contributed by atoms with Crippen LogP contribution < -0.4 is 15.1 Å². The Hall–Kier alpha value is -2.75. The lowest BCUT2D eigenvalue weighted by molar-refractivity contribution is 0.395. The Morgan fingerprint density at radius 3 is 2.45 bits per heavy atom. The van der Waals surface area contributed by atoms with Crippen LogP contribution in [0.1, 0.15) is 11.1 Å². The van der Waals surface area contributed by atoms with Gasteiger partial charge >= 0.3 is 5.63 Å². The number of rotatable bonds is 4. The van der Waals surface area contributed by atoms with Crippen molar-refractivity contribution in [2.75, 3.05) is 14.2 Å². The minimum absolute atomic E-state index is 0.341. The first-order chi connectivity index (χ1) is 10.7. The molecule has 4 nitrogen and oxygen atoms in total. The van der Waals surface area contributed by atoms with Crippen molar-refractivity contribution in [2.24, 2.45) is 0 Å². The van der Waals surface area contributed by atoms with Gasteiger partial charge in [0.25, 0.3) is 0 Å². The Bertz CT molecular complexity index is 850. The molecule has 0 fully saturated rings. The largest absolute Gasteiger partial charge is 0.496 e. The Morgan fingerprint density at radius 1 is 1.00 bits per heavy atom. The van der Waals surface area contributed by atoms with E-state index in [0.717, 1.165) is 10.9 Å². The normalized spacial score (nSPS) is 10.6. The highest BCUT2D eigenvalue weighted by Crippen LogP contribution is 2.31. The predicted octanol–water partition coefficient (Wildman–Crippen LogP) is 3.40. The number of hydrogen-bond donors (Lipinski definition) is 0. The minimum atomic E-state index is -0.341. The first-order valence-electron chi connectivity index (χ1n) is 6.94. The van der Waals surface area contributed by atoms with Gasteiger partial charge in [-0.1, -0.05) is 30.3 Å². The molecule has 22 heavy (non-hydrogen) atoms. The third kappa shape index (κ3) is 2.68. The summed E-state index contributed by atoms with van der Waals surface area (Å²) in [6.07, 6.45) is 0.522. The zero-order valence-electron chi connectivity index (χ0n) is 12.5. The van der Waals surface area contributed by atoms with Crippen molar-refractivity contribution in [3.05, 3.63) is 70.1 Å². The molecule has 0 saturated heterocycles. The van der Waals surface area contributed by atoms with E-state index in [0.29, 0.717) is 29.1 Å². The molecule has 3 rings (SSSR count). The number of benzene rings is 2. The summed E-state index contributed by atoms with van der Waals surface area (Å²) in [5.41, 5.74) is 1.77. The average molecular weight is 296 g/mol. The Labute approximate surface area is 127 Å². The molecule has 1 aromatic heterocycles. The molecular formula is C18H16O4. The zero-order chi connectivity index (χ0) is 15.5. The topological polar surface area (TPSA) is 48.7 Å². The van der Waals surface area contributed by atoms with Gasteiger partial charge in [0, 0.05) is 24.1 Å². The first kappa shape index (κ1) is 14.2. The Balaban J connectivity index is 2.13. The highest BCUT2D eigenvalue weighted by Gasteiger charge is 2.12. The molecule has 0 N–H and O–H groups in total. The molecule has 0 bridgehead atoms. The van der Waals surface area contributed by atoms with E-state index in [2.05, 4.69) is 0 Å². The molecule has 0 aliphatic rings. The number of methoxy groups -OCH3 is 2. The van der Waals surface area contributed by atoms with E-state index in [9.17, 15) is 4.79 Å². The molecule has 0 amide bonds. The van der Waals surface area contributed by atoms with Crippen molar-refractivity contribution in [2.45, 2.75) is 6.42 Å². The third-order valence-corrected chi connectivity index (χ3v) is 3.55. The molecule has 0 spiro atoms. The summed E-state index contributed by atoms with van der Waals surface area (Å²) in [6.45, 7) is 0. The fraction of sp³-hybridized carbons (Fsp3) is 0.167. The van der Waals surface area contributed by atoms with Crippen molar-refractivity contribution in [3.8, 4) is 11.5 Å². The Kier molecular flexibility index (Phi) is 3.83. The molecule has 0 saturated carbocycles. The van der Waals surface area contributed by atoms with Crippen molar-refractivity contribution in [1.29, 1.82) is 0 Å². The van der Waals surface area contributed by atoms with Gasteiger partial charge in [0.2, 0.25) is 0 Å². The molecule has 1 heterocycles. The maximum atomic E-state index is 12.2. The van der Waals surface area contributed by atoms with Gasteiger partial charge in [-0.3, -0.25) is 0 Å². The van der Waals surface area contributed by atoms with Crippen molar-refractivity contribution < 1.29 is 13.9 Å². The molecule has 112 valence electrons. The van der Waals surface area contributed by atoms with Crippen molar-refractivity contribution in [3.63, 3.8) is 0 Å². The second-order valence-corrected chi connectivity index (χ2v) is 4.96. The van der Waals surface area contributed by atoms with Crippen LogP contribution in [0.3, 0.4) is 0 Å². The van der Waals surface area contributed by atoms with Crippen molar-refractivity contribution in [1.82, 2.24) is 0 Å². The highest BCUT2D eigenvalue weighted by molar-refractivity contribution is 5.85. The molecule has 0 unspecified atom stereocenters.